The van der Waals surface area contributed by atoms with Crippen LogP contribution in [0.1, 0.15) is 25.8 Å². The molecule has 0 radical (unpaired) electrons. The predicted molar refractivity (Wildman–Crippen MR) is 59.4 cm³/mol. The normalized spacial score (nSPS) is 13.3. The summed E-state index contributed by atoms with van der Waals surface area (Å²) < 4.78 is 5.13. The Bertz CT molecular complexity index is 422. The van der Waals surface area contributed by atoms with Gasteiger partial charge in [0.15, 0.2) is 0 Å². The van der Waals surface area contributed by atoms with E-state index in [9.17, 15) is 0 Å². The average molecular weight is 223 g/mol. The van der Waals surface area contributed by atoms with E-state index in [2.05, 4.69) is 10.1 Å². The van der Waals surface area contributed by atoms with Gasteiger partial charge in [0.2, 0.25) is 11.7 Å². The molecular weight excluding hydrogens is 210 g/mol. The van der Waals surface area contributed by atoms with Gasteiger partial charge in [0.1, 0.15) is 0 Å². The van der Waals surface area contributed by atoms with Crippen molar-refractivity contribution in [3.05, 3.63) is 22.7 Å². The monoisotopic (exact) mass is 223 g/mol. The topological polar surface area (TPSA) is 64.9 Å². The van der Waals surface area contributed by atoms with Crippen molar-refractivity contribution in [2.24, 2.45) is 11.7 Å². The maximum atomic E-state index is 5.91. The molecule has 0 aliphatic rings. The first kappa shape index (κ1) is 10.3. The molecule has 4 nitrogen and oxygen atoms in total. The molecule has 0 aliphatic heterocycles. The van der Waals surface area contributed by atoms with E-state index >= 15 is 0 Å². The first-order chi connectivity index (χ1) is 7.18. The van der Waals surface area contributed by atoms with E-state index in [1.807, 2.05) is 30.7 Å². The predicted octanol–water partition coefficient (Wildman–Crippen LogP) is 2.45. The van der Waals surface area contributed by atoms with Crippen LogP contribution >= 0.6 is 11.3 Å². The second-order valence-corrected chi connectivity index (χ2v) is 4.52. The molecule has 0 bridgehead atoms. The van der Waals surface area contributed by atoms with E-state index in [1.54, 1.807) is 11.3 Å². The molecule has 15 heavy (non-hydrogen) atoms. The highest BCUT2D eigenvalue weighted by molar-refractivity contribution is 7.08. The van der Waals surface area contributed by atoms with Crippen LogP contribution in [0.2, 0.25) is 0 Å². The highest BCUT2D eigenvalue weighted by Crippen LogP contribution is 2.22. The molecule has 80 valence electrons. The van der Waals surface area contributed by atoms with Crippen LogP contribution in [0, 0.1) is 5.92 Å². The van der Waals surface area contributed by atoms with E-state index < -0.39 is 0 Å². The lowest BCUT2D eigenvalue weighted by Crippen LogP contribution is -2.16. The van der Waals surface area contributed by atoms with Crippen LogP contribution in [0.15, 0.2) is 21.3 Å². The van der Waals surface area contributed by atoms with Gasteiger partial charge in [0.25, 0.3) is 0 Å². The number of aromatic nitrogens is 2. The molecule has 0 spiro atoms. The zero-order valence-electron chi connectivity index (χ0n) is 8.68. The molecule has 0 amide bonds. The Morgan fingerprint density at radius 2 is 2.27 bits per heavy atom. The van der Waals surface area contributed by atoms with Gasteiger partial charge in [-0.25, -0.2) is 0 Å². The van der Waals surface area contributed by atoms with Crippen LogP contribution in [0.4, 0.5) is 0 Å². The second-order valence-electron chi connectivity index (χ2n) is 3.74. The fourth-order valence-corrected chi connectivity index (χ4v) is 1.80. The Hall–Kier alpha value is -1.20. The van der Waals surface area contributed by atoms with Gasteiger partial charge in [-0.05, 0) is 17.4 Å². The van der Waals surface area contributed by atoms with Crippen molar-refractivity contribution >= 4 is 11.3 Å². The molecule has 0 fully saturated rings. The Kier molecular flexibility index (Phi) is 2.83. The van der Waals surface area contributed by atoms with Gasteiger partial charge in [-0.2, -0.15) is 16.3 Å². The third-order valence-electron chi connectivity index (χ3n) is 2.22. The minimum absolute atomic E-state index is 0.190. The summed E-state index contributed by atoms with van der Waals surface area (Å²) in [5.74, 6) is 1.41. The molecule has 0 saturated heterocycles. The van der Waals surface area contributed by atoms with Gasteiger partial charge in [-0.15, -0.1) is 0 Å². The van der Waals surface area contributed by atoms with Crippen LogP contribution in [-0.2, 0) is 0 Å². The lowest BCUT2D eigenvalue weighted by molar-refractivity contribution is 0.325. The molecule has 2 aromatic rings. The van der Waals surface area contributed by atoms with E-state index in [0.717, 1.165) is 5.56 Å². The number of nitrogens with zero attached hydrogens (tertiary/aromatic N) is 2. The van der Waals surface area contributed by atoms with Gasteiger partial charge in [0, 0.05) is 10.9 Å². The lowest BCUT2D eigenvalue weighted by Gasteiger charge is -2.08. The first-order valence-electron chi connectivity index (χ1n) is 4.80. The molecule has 2 rings (SSSR count). The van der Waals surface area contributed by atoms with E-state index in [-0.39, 0.29) is 6.04 Å². The summed E-state index contributed by atoms with van der Waals surface area (Å²) in [5, 5.41) is 7.86. The van der Waals surface area contributed by atoms with Crippen molar-refractivity contribution in [3.63, 3.8) is 0 Å². The van der Waals surface area contributed by atoms with Crippen molar-refractivity contribution in [2.75, 3.05) is 0 Å². The molecular formula is C10H13N3OS. The quantitative estimate of drug-likeness (QED) is 0.868. The maximum Gasteiger partial charge on any atom is 0.244 e. The van der Waals surface area contributed by atoms with Crippen LogP contribution < -0.4 is 5.73 Å². The molecule has 1 atom stereocenters. The minimum atomic E-state index is -0.190. The molecule has 0 aromatic carbocycles. The first-order valence-corrected chi connectivity index (χ1v) is 5.74. The van der Waals surface area contributed by atoms with Crippen molar-refractivity contribution < 1.29 is 4.52 Å². The van der Waals surface area contributed by atoms with E-state index in [4.69, 9.17) is 10.3 Å². The van der Waals surface area contributed by atoms with Crippen LogP contribution in [0.25, 0.3) is 11.4 Å². The van der Waals surface area contributed by atoms with Crippen LogP contribution in [-0.4, -0.2) is 10.1 Å². The summed E-state index contributed by atoms with van der Waals surface area (Å²) in [6, 6.07) is 1.77. The summed E-state index contributed by atoms with van der Waals surface area (Å²) in [7, 11) is 0. The molecule has 0 aliphatic carbocycles. The lowest BCUT2D eigenvalue weighted by atomic mass is 10.1. The van der Waals surface area contributed by atoms with Gasteiger partial charge in [-0.3, -0.25) is 0 Å². The SMILES string of the molecule is CC(C)[C@@H](N)c1nc(-c2ccsc2)no1. The number of thiophene rings is 1. The van der Waals surface area contributed by atoms with Gasteiger partial charge in [0.05, 0.1) is 6.04 Å². The largest absolute Gasteiger partial charge is 0.337 e. The summed E-state index contributed by atoms with van der Waals surface area (Å²) in [4.78, 5) is 4.28. The van der Waals surface area contributed by atoms with Crippen LogP contribution in [0.5, 0.6) is 0 Å². The Labute approximate surface area is 92.1 Å². The minimum Gasteiger partial charge on any atom is -0.337 e. The molecule has 2 heterocycles. The number of hydrogen-bond donors (Lipinski definition) is 1. The zero-order chi connectivity index (χ0) is 10.8. The highest BCUT2D eigenvalue weighted by Gasteiger charge is 2.18. The van der Waals surface area contributed by atoms with Gasteiger partial charge in [-0.1, -0.05) is 19.0 Å². The average Bonchev–Trinajstić information content (AvgIpc) is 2.86. The smallest absolute Gasteiger partial charge is 0.244 e. The summed E-state index contributed by atoms with van der Waals surface area (Å²) in [6.45, 7) is 4.05. The third-order valence-corrected chi connectivity index (χ3v) is 2.91. The van der Waals surface area contributed by atoms with Crippen molar-refractivity contribution in [1.29, 1.82) is 0 Å². The van der Waals surface area contributed by atoms with Crippen molar-refractivity contribution in [1.82, 2.24) is 10.1 Å². The van der Waals surface area contributed by atoms with Crippen molar-refractivity contribution in [2.45, 2.75) is 19.9 Å². The molecule has 0 saturated carbocycles. The van der Waals surface area contributed by atoms with Gasteiger partial charge >= 0.3 is 0 Å². The standard InChI is InChI=1S/C10H13N3OS/c1-6(2)8(11)10-12-9(13-14-10)7-3-4-15-5-7/h3-6,8H,11H2,1-2H3/t8-/m1/s1. The Balaban J connectivity index is 2.25. The van der Waals surface area contributed by atoms with E-state index in [1.165, 1.54) is 0 Å². The molecule has 0 unspecified atom stereocenters. The molecule has 2 aromatic heterocycles. The highest BCUT2D eigenvalue weighted by atomic mass is 32.1. The van der Waals surface area contributed by atoms with Crippen molar-refractivity contribution in [3.8, 4) is 11.4 Å². The third kappa shape index (κ3) is 2.08. The Morgan fingerprint density at radius 1 is 1.47 bits per heavy atom. The summed E-state index contributed by atoms with van der Waals surface area (Å²) >= 11 is 1.61. The Morgan fingerprint density at radius 3 is 2.87 bits per heavy atom. The summed E-state index contributed by atoms with van der Waals surface area (Å²) in [6.07, 6.45) is 0. The second kappa shape index (κ2) is 4.12. The van der Waals surface area contributed by atoms with Crippen LogP contribution in [0.3, 0.4) is 0 Å². The maximum absolute atomic E-state index is 5.91. The fourth-order valence-electron chi connectivity index (χ4n) is 1.16. The fraction of sp³-hybridized carbons (Fsp3) is 0.400. The van der Waals surface area contributed by atoms with Gasteiger partial charge < -0.3 is 10.3 Å². The number of rotatable bonds is 3. The number of hydrogen-bond acceptors (Lipinski definition) is 5. The van der Waals surface area contributed by atoms with E-state index in [0.29, 0.717) is 17.6 Å². The molecule has 2 N–H and O–H groups in total. The number of nitrogens with two attached hydrogens (primary N) is 1. The zero-order valence-corrected chi connectivity index (χ0v) is 9.49. The molecule has 5 heteroatoms. The summed E-state index contributed by atoms with van der Waals surface area (Å²) in [5.41, 5.74) is 6.89.